The van der Waals surface area contributed by atoms with Gasteiger partial charge in [-0.2, -0.15) is 0 Å². The number of nitrogens with zero attached hydrogens (tertiary/aromatic N) is 3. The molecule has 0 atom stereocenters. The molecule has 0 N–H and O–H groups in total. The number of halogens is 1. The Bertz CT molecular complexity index is 866. The van der Waals surface area contributed by atoms with E-state index in [0.29, 0.717) is 36.3 Å². The molecule has 1 aromatic carbocycles. The molecule has 1 saturated heterocycles. The van der Waals surface area contributed by atoms with Gasteiger partial charge in [-0.05, 0) is 36.4 Å². The minimum Gasteiger partial charge on any atom is -0.459 e. The summed E-state index contributed by atoms with van der Waals surface area (Å²) in [5.41, 5.74) is 0.946. The maximum absolute atomic E-state index is 12.3. The summed E-state index contributed by atoms with van der Waals surface area (Å²) in [4.78, 5) is 20.7. The van der Waals surface area contributed by atoms with Gasteiger partial charge in [0.05, 0.1) is 19.0 Å². The monoisotopic (exact) mass is 371 g/mol. The van der Waals surface area contributed by atoms with Crippen molar-refractivity contribution in [1.29, 1.82) is 0 Å². The van der Waals surface area contributed by atoms with Crippen LogP contribution in [0.5, 0.6) is 0 Å². The van der Waals surface area contributed by atoms with Crippen LogP contribution in [0.15, 0.2) is 57.7 Å². The molecule has 0 aliphatic carbocycles. The van der Waals surface area contributed by atoms with Crippen molar-refractivity contribution in [2.75, 3.05) is 26.2 Å². The number of amides is 1. The van der Waals surface area contributed by atoms with E-state index in [1.165, 1.54) is 6.26 Å². The molecule has 7 heteroatoms. The van der Waals surface area contributed by atoms with Gasteiger partial charge >= 0.3 is 0 Å². The van der Waals surface area contributed by atoms with Crippen LogP contribution in [-0.2, 0) is 6.54 Å². The van der Waals surface area contributed by atoms with Crippen molar-refractivity contribution in [3.63, 3.8) is 0 Å². The lowest BCUT2D eigenvalue weighted by Gasteiger charge is -2.33. The van der Waals surface area contributed by atoms with Crippen LogP contribution in [0.4, 0.5) is 0 Å². The lowest BCUT2D eigenvalue weighted by molar-refractivity contribution is 0.0588. The SMILES string of the molecule is O=C(c1ccco1)N1CCN(Cc2ncc(-c3ccc(Cl)cc3)o2)CC1. The van der Waals surface area contributed by atoms with Crippen molar-refractivity contribution in [2.45, 2.75) is 6.54 Å². The van der Waals surface area contributed by atoms with Gasteiger partial charge in [0.1, 0.15) is 0 Å². The van der Waals surface area contributed by atoms with Gasteiger partial charge in [0, 0.05) is 36.8 Å². The average molecular weight is 372 g/mol. The number of carbonyl (C=O) groups excluding carboxylic acids is 1. The van der Waals surface area contributed by atoms with Crippen LogP contribution in [0.1, 0.15) is 16.4 Å². The molecule has 0 bridgehead atoms. The van der Waals surface area contributed by atoms with E-state index in [1.54, 1.807) is 18.3 Å². The molecule has 0 unspecified atom stereocenters. The van der Waals surface area contributed by atoms with Crippen LogP contribution in [0.3, 0.4) is 0 Å². The first-order valence-electron chi connectivity index (χ1n) is 8.45. The van der Waals surface area contributed by atoms with Gasteiger partial charge in [0.2, 0.25) is 5.89 Å². The minimum atomic E-state index is -0.0594. The molecule has 1 aliphatic heterocycles. The summed E-state index contributed by atoms with van der Waals surface area (Å²) < 4.78 is 11.0. The summed E-state index contributed by atoms with van der Waals surface area (Å²) in [6, 6.07) is 10.9. The standard InChI is InChI=1S/C19H18ClN3O3/c20-15-5-3-14(4-6-15)17-12-21-18(26-17)13-22-7-9-23(10-8-22)19(24)16-2-1-11-25-16/h1-6,11-12H,7-10,13H2. The zero-order chi connectivity index (χ0) is 17.9. The first kappa shape index (κ1) is 16.9. The van der Waals surface area contributed by atoms with Gasteiger partial charge in [-0.25, -0.2) is 4.98 Å². The van der Waals surface area contributed by atoms with E-state index in [4.69, 9.17) is 20.4 Å². The van der Waals surface area contributed by atoms with E-state index >= 15 is 0 Å². The third kappa shape index (κ3) is 3.66. The number of piperazine rings is 1. The van der Waals surface area contributed by atoms with E-state index in [1.807, 2.05) is 29.2 Å². The van der Waals surface area contributed by atoms with Crippen molar-refractivity contribution in [1.82, 2.24) is 14.8 Å². The molecular weight excluding hydrogens is 354 g/mol. The van der Waals surface area contributed by atoms with Crippen molar-refractivity contribution >= 4 is 17.5 Å². The van der Waals surface area contributed by atoms with E-state index < -0.39 is 0 Å². The summed E-state index contributed by atoms with van der Waals surface area (Å²) >= 11 is 5.91. The predicted molar refractivity (Wildman–Crippen MR) is 96.8 cm³/mol. The van der Waals surface area contributed by atoms with E-state index in [9.17, 15) is 4.79 Å². The quantitative estimate of drug-likeness (QED) is 0.701. The highest BCUT2D eigenvalue weighted by Crippen LogP contribution is 2.23. The van der Waals surface area contributed by atoms with Crippen LogP contribution < -0.4 is 0 Å². The number of rotatable bonds is 4. The fourth-order valence-corrected chi connectivity index (χ4v) is 3.11. The second-order valence-corrected chi connectivity index (χ2v) is 6.61. The highest BCUT2D eigenvalue weighted by Gasteiger charge is 2.24. The third-order valence-electron chi connectivity index (χ3n) is 4.43. The summed E-state index contributed by atoms with van der Waals surface area (Å²) in [6.45, 7) is 3.47. The second-order valence-electron chi connectivity index (χ2n) is 6.17. The van der Waals surface area contributed by atoms with E-state index in [2.05, 4.69) is 9.88 Å². The van der Waals surface area contributed by atoms with Crippen LogP contribution in [0.25, 0.3) is 11.3 Å². The van der Waals surface area contributed by atoms with Gasteiger partial charge in [0.25, 0.3) is 5.91 Å². The zero-order valence-corrected chi connectivity index (χ0v) is 14.9. The second kappa shape index (κ2) is 7.35. The summed E-state index contributed by atoms with van der Waals surface area (Å²) in [7, 11) is 0. The number of carbonyl (C=O) groups is 1. The van der Waals surface area contributed by atoms with Crippen molar-refractivity contribution in [2.24, 2.45) is 0 Å². The average Bonchev–Trinajstić information content (AvgIpc) is 3.35. The number of benzene rings is 1. The molecule has 1 aliphatic rings. The molecule has 2 aromatic heterocycles. The fourth-order valence-electron chi connectivity index (χ4n) is 2.99. The topological polar surface area (TPSA) is 62.7 Å². The number of oxazole rings is 1. The Labute approximate surface area is 156 Å². The normalized spacial score (nSPS) is 15.3. The minimum absolute atomic E-state index is 0.0594. The maximum atomic E-state index is 12.3. The van der Waals surface area contributed by atoms with Gasteiger partial charge in [-0.1, -0.05) is 11.6 Å². The Morgan fingerprint density at radius 1 is 1.12 bits per heavy atom. The van der Waals surface area contributed by atoms with Crippen molar-refractivity contribution in [3.8, 4) is 11.3 Å². The molecular formula is C19H18ClN3O3. The first-order chi connectivity index (χ1) is 12.7. The smallest absolute Gasteiger partial charge is 0.289 e. The van der Waals surface area contributed by atoms with Crippen LogP contribution in [0.2, 0.25) is 5.02 Å². The fraction of sp³-hybridized carbons (Fsp3) is 0.263. The molecule has 134 valence electrons. The molecule has 1 fully saturated rings. The molecule has 3 aromatic rings. The zero-order valence-electron chi connectivity index (χ0n) is 14.1. The Balaban J connectivity index is 1.33. The van der Waals surface area contributed by atoms with Gasteiger partial charge in [0.15, 0.2) is 11.5 Å². The van der Waals surface area contributed by atoms with Crippen molar-refractivity contribution < 1.29 is 13.6 Å². The summed E-state index contributed by atoms with van der Waals surface area (Å²) in [5, 5.41) is 0.690. The maximum Gasteiger partial charge on any atom is 0.289 e. The van der Waals surface area contributed by atoms with Crippen LogP contribution in [-0.4, -0.2) is 46.9 Å². The number of aromatic nitrogens is 1. The Kier molecular flexibility index (Phi) is 4.77. The summed E-state index contributed by atoms with van der Waals surface area (Å²) in [6.07, 6.45) is 3.25. The molecule has 6 nitrogen and oxygen atoms in total. The Morgan fingerprint density at radius 2 is 1.88 bits per heavy atom. The molecule has 0 spiro atoms. The largest absolute Gasteiger partial charge is 0.459 e. The number of furan rings is 1. The first-order valence-corrected chi connectivity index (χ1v) is 8.82. The van der Waals surface area contributed by atoms with Crippen LogP contribution >= 0.6 is 11.6 Å². The van der Waals surface area contributed by atoms with E-state index in [-0.39, 0.29) is 5.91 Å². The lowest BCUT2D eigenvalue weighted by Crippen LogP contribution is -2.48. The van der Waals surface area contributed by atoms with Gasteiger partial charge in [-0.15, -0.1) is 0 Å². The molecule has 0 radical (unpaired) electrons. The number of hydrogen-bond donors (Lipinski definition) is 0. The lowest BCUT2D eigenvalue weighted by atomic mass is 10.2. The summed E-state index contributed by atoms with van der Waals surface area (Å²) in [5.74, 6) is 1.72. The Hall–Kier alpha value is -2.57. The van der Waals surface area contributed by atoms with Crippen molar-refractivity contribution in [3.05, 3.63) is 65.5 Å². The van der Waals surface area contributed by atoms with Gasteiger partial charge in [-0.3, -0.25) is 9.69 Å². The van der Waals surface area contributed by atoms with Crippen LogP contribution in [0, 0.1) is 0 Å². The molecule has 26 heavy (non-hydrogen) atoms. The van der Waals surface area contributed by atoms with E-state index in [0.717, 1.165) is 24.4 Å². The van der Waals surface area contributed by atoms with Gasteiger partial charge < -0.3 is 13.7 Å². The molecule has 4 rings (SSSR count). The third-order valence-corrected chi connectivity index (χ3v) is 4.68. The molecule has 0 saturated carbocycles. The molecule has 1 amide bonds. The predicted octanol–water partition coefficient (Wildman–Crippen LogP) is 3.55. The highest BCUT2D eigenvalue weighted by atomic mass is 35.5. The highest BCUT2D eigenvalue weighted by molar-refractivity contribution is 6.30. The Morgan fingerprint density at radius 3 is 2.58 bits per heavy atom. The molecule has 3 heterocycles. The number of hydrogen-bond acceptors (Lipinski definition) is 5.